The van der Waals surface area contributed by atoms with E-state index in [1.165, 1.54) is 29.6 Å². The first kappa shape index (κ1) is 20.0. The van der Waals surface area contributed by atoms with Crippen LogP contribution in [0.5, 0.6) is 0 Å². The van der Waals surface area contributed by atoms with Crippen molar-refractivity contribution in [2.45, 2.75) is 52.0 Å². The number of aromatic nitrogens is 1. The Bertz CT molecular complexity index is 870. The van der Waals surface area contributed by atoms with Gasteiger partial charge in [0.15, 0.2) is 5.13 Å². The molecule has 3 N–H and O–H groups in total. The van der Waals surface area contributed by atoms with E-state index < -0.39 is 11.8 Å². The smallest absolute Gasteiger partial charge is 0.315 e. The van der Waals surface area contributed by atoms with Crippen LogP contribution in [0, 0.1) is 0 Å². The number of hydrogen-bond acceptors (Lipinski definition) is 5. The van der Waals surface area contributed by atoms with Crippen LogP contribution in [0.2, 0.25) is 0 Å². The number of thiazole rings is 1. The fourth-order valence-electron chi connectivity index (χ4n) is 3.17. The predicted molar refractivity (Wildman–Crippen MR) is 109 cm³/mol. The zero-order valence-corrected chi connectivity index (χ0v) is 16.8. The lowest BCUT2D eigenvalue weighted by Gasteiger charge is -2.15. The number of benzene rings is 1. The summed E-state index contributed by atoms with van der Waals surface area (Å²) in [5, 5.41) is 8.47. The average molecular weight is 401 g/mol. The second kappa shape index (κ2) is 8.97. The second-order valence-electron chi connectivity index (χ2n) is 6.91. The molecule has 1 aromatic heterocycles. The van der Waals surface area contributed by atoms with Gasteiger partial charge in [0, 0.05) is 17.5 Å². The minimum Gasteiger partial charge on any atom is -0.341 e. The lowest BCUT2D eigenvalue weighted by atomic mass is 10.1. The lowest BCUT2D eigenvalue weighted by Crippen LogP contribution is -2.36. The maximum absolute atomic E-state index is 12.3. The molecule has 0 fully saturated rings. The minimum atomic E-state index is -0.728. The first-order valence-electron chi connectivity index (χ1n) is 9.40. The van der Waals surface area contributed by atoms with E-state index in [1.54, 1.807) is 25.1 Å². The highest BCUT2D eigenvalue weighted by Crippen LogP contribution is 2.28. The number of rotatable bonds is 4. The van der Waals surface area contributed by atoms with Gasteiger partial charge in [-0.2, -0.15) is 0 Å². The van der Waals surface area contributed by atoms with Crippen LogP contribution in [0.3, 0.4) is 0 Å². The molecule has 1 aromatic carbocycles. The summed E-state index contributed by atoms with van der Waals surface area (Å²) >= 11 is 1.45. The Labute approximate surface area is 167 Å². The zero-order chi connectivity index (χ0) is 20.1. The van der Waals surface area contributed by atoms with Crippen LogP contribution in [0.25, 0.3) is 0 Å². The quantitative estimate of drug-likeness (QED) is 0.542. The molecule has 0 spiro atoms. The van der Waals surface area contributed by atoms with Gasteiger partial charge in [0.1, 0.15) is 0 Å². The van der Waals surface area contributed by atoms with Gasteiger partial charge in [0.25, 0.3) is 0 Å². The van der Waals surface area contributed by atoms with Crippen LogP contribution in [0.1, 0.15) is 55.3 Å². The third kappa shape index (κ3) is 5.16. The molecule has 148 valence electrons. The normalized spacial score (nSPS) is 14.4. The minimum absolute atomic E-state index is 0.171. The summed E-state index contributed by atoms with van der Waals surface area (Å²) in [7, 11) is 0. The van der Waals surface area contributed by atoms with Gasteiger partial charge in [-0.3, -0.25) is 19.7 Å². The highest BCUT2D eigenvalue weighted by molar-refractivity contribution is 7.16. The standard InChI is InChI=1S/C20H24N4O3S/c1-12(14-7-6-8-15(11-14)22-13(2)25)21-18(26)19(27)24-20-23-16-9-4-3-5-10-17(16)28-20/h6-8,11-12H,3-5,9-10H2,1-2H3,(H,21,26)(H,22,25)(H,23,24,27). The van der Waals surface area contributed by atoms with Gasteiger partial charge in [-0.1, -0.05) is 18.6 Å². The molecule has 7 nitrogen and oxygen atoms in total. The van der Waals surface area contributed by atoms with Gasteiger partial charge in [-0.25, -0.2) is 4.98 Å². The summed E-state index contributed by atoms with van der Waals surface area (Å²) in [6.45, 7) is 3.21. The van der Waals surface area contributed by atoms with E-state index in [9.17, 15) is 14.4 Å². The van der Waals surface area contributed by atoms with E-state index in [0.29, 0.717) is 10.8 Å². The maximum atomic E-state index is 12.3. The van der Waals surface area contributed by atoms with Crippen LogP contribution in [-0.2, 0) is 27.2 Å². The first-order chi connectivity index (χ1) is 13.4. The number of hydrogen-bond donors (Lipinski definition) is 3. The van der Waals surface area contributed by atoms with Crippen molar-refractivity contribution in [2.24, 2.45) is 0 Å². The number of carbonyl (C=O) groups is 3. The predicted octanol–water partition coefficient (Wildman–Crippen LogP) is 3.19. The van der Waals surface area contributed by atoms with Crippen LogP contribution in [0.15, 0.2) is 24.3 Å². The third-order valence-electron chi connectivity index (χ3n) is 4.58. The number of aryl methyl sites for hydroxylation is 2. The number of nitrogens with one attached hydrogen (secondary N) is 3. The molecule has 0 radical (unpaired) electrons. The van der Waals surface area contributed by atoms with E-state index in [-0.39, 0.29) is 11.9 Å². The summed E-state index contributed by atoms with van der Waals surface area (Å²) in [5.41, 5.74) is 2.47. The topological polar surface area (TPSA) is 100 Å². The van der Waals surface area contributed by atoms with Crippen LogP contribution >= 0.6 is 11.3 Å². The molecule has 8 heteroatoms. The maximum Gasteiger partial charge on any atom is 0.315 e. The number of fused-ring (bicyclic) bond motifs is 1. The summed E-state index contributed by atoms with van der Waals surface area (Å²) in [6.07, 6.45) is 5.36. The van der Waals surface area contributed by atoms with Crippen molar-refractivity contribution in [2.75, 3.05) is 10.6 Å². The fraction of sp³-hybridized carbons (Fsp3) is 0.400. The summed E-state index contributed by atoms with van der Waals surface area (Å²) in [4.78, 5) is 41.4. The van der Waals surface area contributed by atoms with E-state index in [4.69, 9.17) is 0 Å². The summed E-state index contributed by atoms with van der Waals surface area (Å²) in [5.74, 6) is -1.62. The number of anilines is 2. The molecule has 0 saturated carbocycles. The van der Waals surface area contributed by atoms with Gasteiger partial charge in [0.2, 0.25) is 5.91 Å². The molecule has 1 atom stereocenters. The molecule has 0 saturated heterocycles. The largest absolute Gasteiger partial charge is 0.341 e. The summed E-state index contributed by atoms with van der Waals surface area (Å²) in [6, 6.07) is 6.75. The Morgan fingerprint density at radius 3 is 2.64 bits per heavy atom. The molecule has 0 aliphatic heterocycles. The van der Waals surface area contributed by atoms with E-state index in [2.05, 4.69) is 20.9 Å². The van der Waals surface area contributed by atoms with Crippen molar-refractivity contribution in [1.29, 1.82) is 0 Å². The highest BCUT2D eigenvalue weighted by atomic mass is 32.1. The number of amides is 3. The van der Waals surface area contributed by atoms with Crippen molar-refractivity contribution < 1.29 is 14.4 Å². The van der Waals surface area contributed by atoms with Gasteiger partial charge in [-0.05, 0) is 50.3 Å². The summed E-state index contributed by atoms with van der Waals surface area (Å²) < 4.78 is 0. The van der Waals surface area contributed by atoms with Crippen molar-refractivity contribution in [3.8, 4) is 0 Å². The van der Waals surface area contributed by atoms with Gasteiger partial charge in [-0.15, -0.1) is 11.3 Å². The van der Waals surface area contributed by atoms with Crippen molar-refractivity contribution >= 4 is 39.9 Å². The van der Waals surface area contributed by atoms with Crippen molar-refractivity contribution in [1.82, 2.24) is 10.3 Å². The average Bonchev–Trinajstić information content (AvgIpc) is 2.89. The number of carbonyl (C=O) groups excluding carboxylic acids is 3. The SMILES string of the molecule is CC(=O)Nc1cccc(C(C)NC(=O)C(=O)Nc2nc3c(s2)CCCCC3)c1. The van der Waals surface area contributed by atoms with Gasteiger partial charge >= 0.3 is 11.8 Å². The molecule has 3 amide bonds. The fourth-order valence-corrected chi connectivity index (χ4v) is 4.22. The third-order valence-corrected chi connectivity index (χ3v) is 5.65. The van der Waals surface area contributed by atoms with Gasteiger partial charge in [0.05, 0.1) is 11.7 Å². The van der Waals surface area contributed by atoms with Crippen LogP contribution in [0.4, 0.5) is 10.8 Å². The van der Waals surface area contributed by atoms with E-state index in [0.717, 1.165) is 36.9 Å². The Morgan fingerprint density at radius 1 is 1.07 bits per heavy atom. The molecule has 1 unspecified atom stereocenters. The van der Waals surface area contributed by atoms with E-state index >= 15 is 0 Å². The molecule has 2 aromatic rings. The lowest BCUT2D eigenvalue weighted by molar-refractivity contribution is -0.136. The second-order valence-corrected chi connectivity index (χ2v) is 7.99. The molecule has 1 heterocycles. The Morgan fingerprint density at radius 2 is 1.86 bits per heavy atom. The van der Waals surface area contributed by atoms with Crippen molar-refractivity contribution in [3.05, 3.63) is 40.4 Å². The molecule has 1 aliphatic rings. The monoisotopic (exact) mass is 400 g/mol. The molecule has 28 heavy (non-hydrogen) atoms. The Hall–Kier alpha value is -2.74. The Balaban J connectivity index is 1.59. The highest BCUT2D eigenvalue weighted by Gasteiger charge is 2.20. The molecule has 3 rings (SSSR count). The molecular weight excluding hydrogens is 376 g/mol. The van der Waals surface area contributed by atoms with Gasteiger partial charge < -0.3 is 10.6 Å². The molecule has 0 bridgehead atoms. The van der Waals surface area contributed by atoms with Crippen molar-refractivity contribution in [3.63, 3.8) is 0 Å². The first-order valence-corrected chi connectivity index (χ1v) is 10.2. The number of nitrogens with zero attached hydrogens (tertiary/aromatic N) is 1. The Kier molecular flexibility index (Phi) is 6.41. The zero-order valence-electron chi connectivity index (χ0n) is 16.0. The molecule has 1 aliphatic carbocycles. The molecular formula is C20H24N4O3S. The van der Waals surface area contributed by atoms with Crippen LogP contribution in [-0.4, -0.2) is 22.7 Å². The van der Waals surface area contributed by atoms with E-state index in [1.807, 2.05) is 6.07 Å². The van der Waals surface area contributed by atoms with Crippen LogP contribution < -0.4 is 16.0 Å².